The normalized spacial score (nSPS) is 11.9. The Labute approximate surface area is 153 Å². The van der Waals surface area contributed by atoms with E-state index in [4.69, 9.17) is 9.47 Å². The number of benzene rings is 1. The molecule has 1 atom stereocenters. The van der Waals surface area contributed by atoms with Crippen LogP contribution in [-0.2, 0) is 34.3 Å². The average molecular weight is 359 g/mol. The fourth-order valence-electron chi connectivity index (χ4n) is 2.69. The number of methoxy groups -OCH3 is 1. The van der Waals surface area contributed by atoms with Crippen molar-refractivity contribution in [2.75, 3.05) is 7.11 Å². The molecule has 140 valence electrons. The highest BCUT2D eigenvalue weighted by Gasteiger charge is 2.34. The van der Waals surface area contributed by atoms with E-state index in [0.29, 0.717) is 5.69 Å². The lowest BCUT2D eigenvalue weighted by molar-refractivity contribution is -0.147. The summed E-state index contributed by atoms with van der Waals surface area (Å²) in [6.07, 6.45) is 3.16. The number of aryl methyl sites for hydroxylation is 1. The lowest BCUT2D eigenvalue weighted by atomic mass is 10.1. The number of carbonyl (C=O) groups excluding carboxylic acids is 2. The van der Waals surface area contributed by atoms with E-state index in [1.165, 1.54) is 12.0 Å². The Morgan fingerprint density at radius 3 is 2.46 bits per heavy atom. The molecule has 2 rings (SSSR count). The first-order valence-electron chi connectivity index (χ1n) is 8.46. The standard InChI is InChI=1S/C19H25N3O4/c1-14(2)22(19(24)26-12-15-8-6-5-7-9-15)17(18(23)25-4)10-16-11-21(3)13-20-16/h5-9,11,13-14,17H,10,12H2,1-4H3/t17-/m1/s1. The predicted molar refractivity (Wildman–Crippen MR) is 96.3 cm³/mol. The maximum atomic E-state index is 12.7. The first kappa shape index (κ1) is 19.5. The summed E-state index contributed by atoms with van der Waals surface area (Å²) in [6.45, 7) is 3.80. The molecule has 0 aliphatic rings. The number of ether oxygens (including phenoxy) is 2. The van der Waals surface area contributed by atoms with Crippen molar-refractivity contribution in [1.82, 2.24) is 14.5 Å². The number of aromatic nitrogens is 2. The van der Waals surface area contributed by atoms with Gasteiger partial charge in [0.1, 0.15) is 12.6 Å². The molecule has 0 bridgehead atoms. The van der Waals surface area contributed by atoms with Crippen molar-refractivity contribution in [3.05, 3.63) is 54.1 Å². The lowest BCUT2D eigenvalue weighted by Crippen LogP contribution is -2.50. The van der Waals surface area contributed by atoms with E-state index in [1.54, 1.807) is 10.9 Å². The van der Waals surface area contributed by atoms with E-state index in [1.807, 2.05) is 57.4 Å². The van der Waals surface area contributed by atoms with Crippen molar-refractivity contribution < 1.29 is 19.1 Å². The Morgan fingerprint density at radius 1 is 1.23 bits per heavy atom. The molecule has 0 fully saturated rings. The van der Waals surface area contributed by atoms with Gasteiger partial charge in [-0.3, -0.25) is 4.90 Å². The average Bonchev–Trinajstić information content (AvgIpc) is 3.04. The topological polar surface area (TPSA) is 73.7 Å². The molecule has 0 saturated carbocycles. The largest absolute Gasteiger partial charge is 0.467 e. The van der Waals surface area contributed by atoms with E-state index < -0.39 is 18.1 Å². The number of hydrogen-bond donors (Lipinski definition) is 0. The number of esters is 1. The molecule has 26 heavy (non-hydrogen) atoms. The van der Waals surface area contributed by atoms with Crippen LogP contribution in [0.2, 0.25) is 0 Å². The third kappa shape index (κ3) is 5.08. The quantitative estimate of drug-likeness (QED) is 0.710. The molecular formula is C19H25N3O4. The first-order valence-corrected chi connectivity index (χ1v) is 8.46. The SMILES string of the molecule is COC(=O)[C@@H](Cc1cn(C)cn1)N(C(=O)OCc1ccccc1)C(C)C. The third-order valence-corrected chi connectivity index (χ3v) is 3.94. The van der Waals surface area contributed by atoms with Crippen molar-refractivity contribution in [3.8, 4) is 0 Å². The van der Waals surface area contributed by atoms with Gasteiger partial charge in [0.15, 0.2) is 0 Å². The Hall–Kier alpha value is -2.83. The van der Waals surface area contributed by atoms with E-state index in [9.17, 15) is 9.59 Å². The van der Waals surface area contributed by atoms with Crippen molar-refractivity contribution in [1.29, 1.82) is 0 Å². The Bertz CT molecular complexity index is 727. The highest BCUT2D eigenvalue weighted by molar-refractivity contribution is 5.81. The molecule has 0 unspecified atom stereocenters. The number of hydrogen-bond acceptors (Lipinski definition) is 5. The van der Waals surface area contributed by atoms with Crippen molar-refractivity contribution in [3.63, 3.8) is 0 Å². The zero-order valence-corrected chi connectivity index (χ0v) is 15.6. The fraction of sp³-hybridized carbons (Fsp3) is 0.421. The van der Waals surface area contributed by atoms with Gasteiger partial charge in [-0.15, -0.1) is 0 Å². The molecule has 0 saturated heterocycles. The summed E-state index contributed by atoms with van der Waals surface area (Å²) in [6, 6.07) is 8.34. The van der Waals surface area contributed by atoms with Crippen LogP contribution in [0.3, 0.4) is 0 Å². The second kappa shape index (κ2) is 9.03. The molecule has 7 nitrogen and oxygen atoms in total. The number of amides is 1. The van der Waals surface area contributed by atoms with E-state index in [-0.39, 0.29) is 19.1 Å². The minimum atomic E-state index is -0.807. The predicted octanol–water partition coefficient (Wildman–Crippen LogP) is 2.55. The third-order valence-electron chi connectivity index (χ3n) is 3.94. The smallest absolute Gasteiger partial charge is 0.411 e. The maximum absolute atomic E-state index is 12.7. The first-order chi connectivity index (χ1) is 12.4. The van der Waals surface area contributed by atoms with Crippen LogP contribution in [0.25, 0.3) is 0 Å². The summed E-state index contributed by atoms with van der Waals surface area (Å²) in [7, 11) is 3.15. The zero-order valence-electron chi connectivity index (χ0n) is 15.6. The minimum absolute atomic E-state index is 0.139. The molecule has 7 heteroatoms. The van der Waals surface area contributed by atoms with Crippen LogP contribution in [0.5, 0.6) is 0 Å². The zero-order chi connectivity index (χ0) is 19.1. The van der Waals surface area contributed by atoms with Crippen LogP contribution in [0, 0.1) is 0 Å². The van der Waals surface area contributed by atoms with Gasteiger partial charge in [-0.1, -0.05) is 30.3 Å². The summed E-state index contributed by atoms with van der Waals surface area (Å²) in [5, 5.41) is 0. The van der Waals surface area contributed by atoms with Crippen LogP contribution in [0.1, 0.15) is 25.1 Å². The molecule has 1 aromatic heterocycles. The van der Waals surface area contributed by atoms with Gasteiger partial charge in [0.2, 0.25) is 0 Å². The van der Waals surface area contributed by atoms with Crippen LogP contribution in [-0.4, -0.2) is 45.7 Å². The van der Waals surface area contributed by atoms with Gasteiger partial charge in [0.05, 0.1) is 19.1 Å². The van der Waals surface area contributed by atoms with E-state index in [0.717, 1.165) is 5.56 Å². The number of carbonyl (C=O) groups is 2. The molecule has 1 amide bonds. The summed E-state index contributed by atoms with van der Waals surface area (Å²) >= 11 is 0. The highest BCUT2D eigenvalue weighted by atomic mass is 16.6. The molecule has 0 spiro atoms. The Balaban J connectivity index is 2.16. The van der Waals surface area contributed by atoms with Crippen LogP contribution >= 0.6 is 0 Å². The monoisotopic (exact) mass is 359 g/mol. The molecule has 1 heterocycles. The molecule has 0 aliphatic heterocycles. The van der Waals surface area contributed by atoms with Gasteiger partial charge in [0, 0.05) is 25.7 Å². The Kier molecular flexibility index (Phi) is 6.77. The molecule has 2 aromatic rings. The molecule has 0 aliphatic carbocycles. The molecule has 0 radical (unpaired) electrons. The molecular weight excluding hydrogens is 334 g/mol. The van der Waals surface area contributed by atoms with Crippen LogP contribution in [0.4, 0.5) is 4.79 Å². The van der Waals surface area contributed by atoms with Crippen molar-refractivity contribution in [2.45, 2.75) is 39.0 Å². The summed E-state index contributed by atoms with van der Waals surface area (Å²) < 4.78 is 12.1. The Morgan fingerprint density at radius 2 is 1.92 bits per heavy atom. The van der Waals surface area contributed by atoms with Gasteiger partial charge in [0.25, 0.3) is 0 Å². The number of imidazole rings is 1. The van der Waals surface area contributed by atoms with E-state index >= 15 is 0 Å². The number of nitrogens with zero attached hydrogens (tertiary/aromatic N) is 3. The summed E-state index contributed by atoms with van der Waals surface area (Å²) in [4.78, 5) is 30.7. The van der Waals surface area contributed by atoms with Crippen LogP contribution in [0.15, 0.2) is 42.9 Å². The van der Waals surface area contributed by atoms with Crippen molar-refractivity contribution in [2.24, 2.45) is 7.05 Å². The number of rotatable bonds is 7. The van der Waals surface area contributed by atoms with Gasteiger partial charge in [-0.25, -0.2) is 14.6 Å². The van der Waals surface area contributed by atoms with Gasteiger partial charge >= 0.3 is 12.1 Å². The molecule has 0 N–H and O–H groups in total. The van der Waals surface area contributed by atoms with E-state index in [2.05, 4.69) is 4.98 Å². The fourth-order valence-corrected chi connectivity index (χ4v) is 2.69. The summed E-state index contributed by atoms with van der Waals surface area (Å²) in [5.74, 6) is -0.499. The second-order valence-electron chi connectivity index (χ2n) is 6.31. The van der Waals surface area contributed by atoms with Gasteiger partial charge < -0.3 is 14.0 Å². The lowest BCUT2D eigenvalue weighted by Gasteiger charge is -2.32. The van der Waals surface area contributed by atoms with Crippen LogP contribution < -0.4 is 0 Å². The molecule has 1 aromatic carbocycles. The summed E-state index contributed by atoms with van der Waals surface area (Å²) in [5.41, 5.74) is 1.58. The highest BCUT2D eigenvalue weighted by Crippen LogP contribution is 2.15. The van der Waals surface area contributed by atoms with Gasteiger partial charge in [-0.05, 0) is 19.4 Å². The second-order valence-corrected chi connectivity index (χ2v) is 6.31. The maximum Gasteiger partial charge on any atom is 0.411 e. The minimum Gasteiger partial charge on any atom is -0.467 e. The van der Waals surface area contributed by atoms with Crippen molar-refractivity contribution >= 4 is 12.1 Å². The van der Waals surface area contributed by atoms with Gasteiger partial charge in [-0.2, -0.15) is 0 Å².